The van der Waals surface area contributed by atoms with Crippen LogP contribution in [0.2, 0.25) is 0 Å². The van der Waals surface area contributed by atoms with Gasteiger partial charge in [-0.3, -0.25) is 0 Å². The summed E-state index contributed by atoms with van der Waals surface area (Å²) in [5, 5.41) is 3.50. The average Bonchev–Trinajstić information content (AvgIpc) is 2.80. The molecule has 0 aliphatic carbocycles. The number of ether oxygens (including phenoxy) is 1. The highest BCUT2D eigenvalue weighted by Gasteiger charge is 2.13. The summed E-state index contributed by atoms with van der Waals surface area (Å²) in [4.78, 5) is 1.20. The van der Waals surface area contributed by atoms with E-state index in [4.69, 9.17) is 4.74 Å². The van der Waals surface area contributed by atoms with Gasteiger partial charge in [-0.15, -0.1) is 11.3 Å². The Balaban J connectivity index is 2.10. The quantitative estimate of drug-likeness (QED) is 0.650. The molecule has 0 aliphatic rings. The summed E-state index contributed by atoms with van der Waals surface area (Å²) in [7, 11) is 0. The molecular weight excluding hydrogens is 414 g/mol. The van der Waals surface area contributed by atoms with Crippen molar-refractivity contribution in [2.75, 3.05) is 0 Å². The van der Waals surface area contributed by atoms with Gasteiger partial charge in [-0.05, 0) is 70.8 Å². The lowest BCUT2D eigenvalue weighted by Crippen LogP contribution is -2.35. The van der Waals surface area contributed by atoms with E-state index in [1.807, 2.05) is 18.2 Å². The predicted octanol–water partition coefficient (Wildman–Crippen LogP) is 5.74. The van der Waals surface area contributed by atoms with E-state index in [0.29, 0.717) is 6.61 Å². The number of rotatable bonds is 5. The first-order valence-electron chi connectivity index (χ1n) is 6.74. The van der Waals surface area contributed by atoms with E-state index in [0.717, 1.165) is 26.1 Å². The number of hydrogen-bond donors (Lipinski definition) is 1. The lowest BCUT2D eigenvalue weighted by atomic mass is 10.1. The van der Waals surface area contributed by atoms with Gasteiger partial charge in [0.15, 0.2) is 0 Å². The van der Waals surface area contributed by atoms with Crippen molar-refractivity contribution in [3.63, 3.8) is 0 Å². The number of thiophene rings is 1. The summed E-state index contributed by atoms with van der Waals surface area (Å²) in [5.74, 6) is 0.916. The van der Waals surface area contributed by atoms with Gasteiger partial charge in [0.25, 0.3) is 0 Å². The van der Waals surface area contributed by atoms with Crippen LogP contribution in [0.3, 0.4) is 0 Å². The molecule has 0 bridgehead atoms. The van der Waals surface area contributed by atoms with Crippen molar-refractivity contribution in [2.45, 2.75) is 39.5 Å². The second-order valence-electron chi connectivity index (χ2n) is 5.83. The maximum atomic E-state index is 6.04. The molecule has 0 atom stereocenters. The van der Waals surface area contributed by atoms with E-state index >= 15 is 0 Å². The molecule has 2 aromatic rings. The van der Waals surface area contributed by atoms with Crippen LogP contribution in [-0.4, -0.2) is 5.54 Å². The highest BCUT2D eigenvalue weighted by molar-refractivity contribution is 9.11. The minimum absolute atomic E-state index is 0.0816. The summed E-state index contributed by atoms with van der Waals surface area (Å²) in [6, 6.07) is 10.3. The van der Waals surface area contributed by atoms with Crippen LogP contribution < -0.4 is 10.1 Å². The number of hydrogen-bond acceptors (Lipinski definition) is 3. The number of halogens is 2. The van der Waals surface area contributed by atoms with E-state index in [1.54, 1.807) is 11.3 Å². The Bertz CT molecular complexity index is 605. The largest absolute Gasteiger partial charge is 0.487 e. The molecule has 0 saturated heterocycles. The zero-order valence-corrected chi connectivity index (χ0v) is 16.4. The molecule has 0 amide bonds. The second-order valence-corrected chi connectivity index (χ2v) is 9.23. The predicted molar refractivity (Wildman–Crippen MR) is 97.1 cm³/mol. The van der Waals surface area contributed by atoms with Crippen LogP contribution in [0.4, 0.5) is 0 Å². The Hall–Kier alpha value is -0.360. The molecule has 1 aromatic carbocycles. The molecule has 1 heterocycles. The average molecular weight is 433 g/mol. The smallest absolute Gasteiger partial charge is 0.138 e. The zero-order valence-electron chi connectivity index (χ0n) is 12.4. The third-order valence-electron chi connectivity index (χ3n) is 2.85. The Morgan fingerprint density at radius 2 is 1.90 bits per heavy atom. The fourth-order valence-corrected chi connectivity index (χ4v) is 3.71. The molecule has 0 fully saturated rings. The van der Waals surface area contributed by atoms with Crippen molar-refractivity contribution in [3.8, 4) is 5.75 Å². The van der Waals surface area contributed by atoms with Crippen molar-refractivity contribution >= 4 is 43.2 Å². The third-order valence-corrected chi connectivity index (χ3v) is 5.07. The van der Waals surface area contributed by atoms with Crippen LogP contribution in [0.5, 0.6) is 5.75 Å². The summed E-state index contributed by atoms with van der Waals surface area (Å²) in [5.41, 5.74) is 1.24. The van der Waals surface area contributed by atoms with E-state index in [2.05, 4.69) is 70.1 Å². The fourth-order valence-electron chi connectivity index (χ4n) is 1.79. The Morgan fingerprint density at radius 3 is 2.52 bits per heavy atom. The molecule has 0 unspecified atom stereocenters. The van der Waals surface area contributed by atoms with E-state index in [9.17, 15) is 0 Å². The molecule has 0 saturated carbocycles. The fraction of sp³-hybridized carbons (Fsp3) is 0.375. The Morgan fingerprint density at radius 1 is 1.14 bits per heavy atom. The first kappa shape index (κ1) is 17.0. The summed E-state index contributed by atoms with van der Waals surface area (Å²) < 4.78 is 8.15. The van der Waals surface area contributed by atoms with Gasteiger partial charge < -0.3 is 10.1 Å². The molecule has 2 nitrogen and oxygen atoms in total. The van der Waals surface area contributed by atoms with Crippen LogP contribution in [0.1, 0.15) is 31.2 Å². The normalized spacial score (nSPS) is 11.7. The molecule has 0 spiro atoms. The lowest BCUT2D eigenvalue weighted by molar-refractivity contribution is 0.301. The SMILES string of the molecule is CC(C)(C)NCc1cccc(Br)c1OCc1ccc(Br)s1. The van der Waals surface area contributed by atoms with Gasteiger partial charge in [0.1, 0.15) is 12.4 Å². The van der Waals surface area contributed by atoms with Gasteiger partial charge in [-0.25, -0.2) is 0 Å². The van der Waals surface area contributed by atoms with Crippen LogP contribution in [0.25, 0.3) is 0 Å². The van der Waals surface area contributed by atoms with Gasteiger partial charge in [0.05, 0.1) is 8.26 Å². The van der Waals surface area contributed by atoms with Crippen molar-refractivity contribution in [1.29, 1.82) is 0 Å². The molecule has 21 heavy (non-hydrogen) atoms. The van der Waals surface area contributed by atoms with Crippen molar-refractivity contribution in [2.24, 2.45) is 0 Å². The maximum absolute atomic E-state index is 6.04. The van der Waals surface area contributed by atoms with E-state index in [-0.39, 0.29) is 5.54 Å². The monoisotopic (exact) mass is 431 g/mol. The molecule has 2 rings (SSSR count). The Kier molecular flexibility index (Phi) is 5.88. The minimum atomic E-state index is 0.0816. The highest BCUT2D eigenvalue weighted by atomic mass is 79.9. The van der Waals surface area contributed by atoms with Crippen LogP contribution in [0, 0.1) is 0 Å². The molecule has 0 radical (unpaired) electrons. The highest BCUT2D eigenvalue weighted by Crippen LogP contribution is 2.31. The molecule has 1 aromatic heterocycles. The maximum Gasteiger partial charge on any atom is 0.138 e. The first-order chi connectivity index (χ1) is 9.85. The summed E-state index contributed by atoms with van der Waals surface area (Å²) in [6.07, 6.45) is 0. The van der Waals surface area contributed by atoms with E-state index in [1.165, 1.54) is 4.88 Å². The van der Waals surface area contributed by atoms with Gasteiger partial charge in [0.2, 0.25) is 0 Å². The van der Waals surface area contributed by atoms with Crippen molar-refractivity contribution < 1.29 is 4.74 Å². The van der Waals surface area contributed by atoms with Gasteiger partial charge in [-0.1, -0.05) is 12.1 Å². The summed E-state index contributed by atoms with van der Waals surface area (Å²) in [6.45, 7) is 7.85. The third kappa shape index (κ3) is 5.40. The number of nitrogens with one attached hydrogen (secondary N) is 1. The lowest BCUT2D eigenvalue weighted by Gasteiger charge is -2.22. The molecule has 114 valence electrons. The second kappa shape index (κ2) is 7.27. The van der Waals surface area contributed by atoms with Gasteiger partial charge >= 0.3 is 0 Å². The number of para-hydroxylation sites is 1. The Labute approximate surface area is 147 Å². The molecule has 0 aliphatic heterocycles. The van der Waals surface area contributed by atoms with Crippen LogP contribution in [-0.2, 0) is 13.2 Å². The molecule has 5 heteroatoms. The minimum Gasteiger partial charge on any atom is -0.487 e. The topological polar surface area (TPSA) is 21.3 Å². The molecular formula is C16H19Br2NOS. The van der Waals surface area contributed by atoms with Crippen LogP contribution >= 0.6 is 43.2 Å². The van der Waals surface area contributed by atoms with E-state index < -0.39 is 0 Å². The van der Waals surface area contributed by atoms with Gasteiger partial charge in [-0.2, -0.15) is 0 Å². The first-order valence-corrected chi connectivity index (χ1v) is 9.15. The molecule has 1 N–H and O–H groups in total. The van der Waals surface area contributed by atoms with Crippen LogP contribution in [0.15, 0.2) is 38.6 Å². The van der Waals surface area contributed by atoms with Crippen molar-refractivity contribution in [1.82, 2.24) is 5.32 Å². The number of benzene rings is 1. The van der Waals surface area contributed by atoms with Gasteiger partial charge in [0, 0.05) is 22.5 Å². The standard InChI is InChI=1S/C16H19Br2NOS/c1-16(2,3)19-9-11-5-4-6-13(17)15(11)20-10-12-7-8-14(18)21-12/h4-8,19H,9-10H2,1-3H3. The zero-order chi connectivity index (χ0) is 15.5. The van der Waals surface area contributed by atoms with Crippen molar-refractivity contribution in [3.05, 3.63) is 49.0 Å². The summed E-state index contributed by atoms with van der Waals surface area (Å²) >= 11 is 8.76.